The average Bonchev–Trinajstić information content (AvgIpc) is 3.35. The van der Waals surface area contributed by atoms with E-state index in [2.05, 4.69) is 27.0 Å². The standard InChI is InChI=1S/C19H32N4O2/c1-22(14-19(24)9-3-2-4-10-19)16-6-5-11-23(12-16)13-17-20-18(25-21-17)15-7-8-15/h15-16,24H,2-14H2,1H3. The van der Waals surface area contributed by atoms with E-state index in [1.807, 2.05) is 0 Å². The van der Waals surface area contributed by atoms with Crippen LogP contribution in [0.2, 0.25) is 0 Å². The Balaban J connectivity index is 1.30. The van der Waals surface area contributed by atoms with E-state index in [0.717, 1.165) is 50.7 Å². The number of likely N-dealkylation sites (tertiary alicyclic amines) is 1. The van der Waals surface area contributed by atoms with Crippen molar-refractivity contribution < 1.29 is 9.63 Å². The maximum Gasteiger partial charge on any atom is 0.229 e. The van der Waals surface area contributed by atoms with Crippen LogP contribution in [0.5, 0.6) is 0 Å². The lowest BCUT2D eigenvalue weighted by atomic mass is 9.84. The Kier molecular flexibility index (Phi) is 5.11. The van der Waals surface area contributed by atoms with Crippen LogP contribution in [0.4, 0.5) is 0 Å². The van der Waals surface area contributed by atoms with Crippen LogP contribution >= 0.6 is 0 Å². The highest BCUT2D eigenvalue weighted by atomic mass is 16.5. The Morgan fingerprint density at radius 2 is 2.00 bits per heavy atom. The summed E-state index contributed by atoms with van der Waals surface area (Å²) in [5, 5.41) is 15.0. The van der Waals surface area contributed by atoms with E-state index in [9.17, 15) is 5.11 Å². The first kappa shape index (κ1) is 17.4. The smallest absolute Gasteiger partial charge is 0.229 e. The minimum atomic E-state index is -0.470. The second kappa shape index (κ2) is 7.33. The molecule has 1 unspecified atom stereocenters. The Morgan fingerprint density at radius 1 is 1.20 bits per heavy atom. The summed E-state index contributed by atoms with van der Waals surface area (Å²) in [6, 6.07) is 0.509. The molecule has 6 heteroatoms. The van der Waals surface area contributed by atoms with Gasteiger partial charge in [0.2, 0.25) is 5.89 Å². The van der Waals surface area contributed by atoms with E-state index in [4.69, 9.17) is 4.52 Å². The molecule has 0 spiro atoms. The van der Waals surface area contributed by atoms with E-state index >= 15 is 0 Å². The number of aromatic nitrogens is 2. The molecule has 1 atom stereocenters. The Morgan fingerprint density at radius 3 is 2.76 bits per heavy atom. The zero-order chi connectivity index (χ0) is 17.3. The minimum Gasteiger partial charge on any atom is -0.389 e. The molecule has 3 aliphatic rings. The molecule has 0 bridgehead atoms. The third-order valence-electron chi connectivity index (χ3n) is 6.21. The van der Waals surface area contributed by atoms with E-state index in [1.165, 1.54) is 44.9 Å². The highest BCUT2D eigenvalue weighted by molar-refractivity contribution is 5.02. The molecule has 140 valence electrons. The van der Waals surface area contributed by atoms with Gasteiger partial charge in [0, 0.05) is 25.0 Å². The summed E-state index contributed by atoms with van der Waals surface area (Å²) in [5.74, 6) is 2.19. The summed E-state index contributed by atoms with van der Waals surface area (Å²) < 4.78 is 5.39. The number of nitrogens with zero attached hydrogens (tertiary/aromatic N) is 4. The molecule has 1 aliphatic heterocycles. The molecule has 0 radical (unpaired) electrons. The predicted octanol–water partition coefficient (Wildman–Crippen LogP) is 2.54. The Labute approximate surface area is 150 Å². The van der Waals surface area contributed by atoms with Crippen molar-refractivity contribution in [2.45, 2.75) is 81.9 Å². The molecule has 2 heterocycles. The van der Waals surface area contributed by atoms with Crippen LogP contribution in [0.15, 0.2) is 4.52 Å². The van der Waals surface area contributed by atoms with Gasteiger partial charge in [-0.05, 0) is 52.1 Å². The fourth-order valence-electron chi connectivity index (χ4n) is 4.52. The first-order chi connectivity index (χ1) is 12.1. The summed E-state index contributed by atoms with van der Waals surface area (Å²) in [4.78, 5) is 9.40. The van der Waals surface area contributed by atoms with Gasteiger partial charge in [0.1, 0.15) is 0 Å². The topological polar surface area (TPSA) is 65.6 Å². The second-order valence-electron chi connectivity index (χ2n) is 8.55. The normalized spacial score (nSPS) is 27.7. The van der Waals surface area contributed by atoms with E-state index < -0.39 is 5.60 Å². The molecule has 1 aromatic rings. The lowest BCUT2D eigenvalue weighted by Crippen LogP contribution is -2.51. The summed E-state index contributed by atoms with van der Waals surface area (Å²) in [5.41, 5.74) is -0.470. The Bertz CT molecular complexity index is 566. The van der Waals surface area contributed by atoms with Crippen LogP contribution < -0.4 is 0 Å². The van der Waals surface area contributed by atoms with E-state index in [1.54, 1.807) is 0 Å². The van der Waals surface area contributed by atoms with Crippen LogP contribution in [0.1, 0.15) is 75.4 Å². The molecule has 6 nitrogen and oxygen atoms in total. The van der Waals surface area contributed by atoms with Crippen LogP contribution in [-0.2, 0) is 6.54 Å². The van der Waals surface area contributed by atoms with Crippen molar-refractivity contribution in [3.8, 4) is 0 Å². The maximum atomic E-state index is 10.8. The van der Waals surface area contributed by atoms with Crippen LogP contribution in [0.25, 0.3) is 0 Å². The highest BCUT2D eigenvalue weighted by Crippen LogP contribution is 2.39. The summed E-state index contributed by atoms with van der Waals surface area (Å²) in [6.45, 7) is 3.71. The predicted molar refractivity (Wildman–Crippen MR) is 95.2 cm³/mol. The van der Waals surface area contributed by atoms with Gasteiger partial charge in [0.15, 0.2) is 5.82 Å². The SMILES string of the molecule is CN(CC1(O)CCCCC1)C1CCCN(Cc2noc(C3CC3)n2)C1. The largest absolute Gasteiger partial charge is 0.389 e. The molecule has 1 saturated heterocycles. The number of hydrogen-bond acceptors (Lipinski definition) is 6. The summed E-state index contributed by atoms with van der Waals surface area (Å²) in [7, 11) is 2.18. The van der Waals surface area contributed by atoms with Gasteiger partial charge in [0.05, 0.1) is 12.1 Å². The fourth-order valence-corrected chi connectivity index (χ4v) is 4.52. The van der Waals surface area contributed by atoms with Gasteiger partial charge in [-0.15, -0.1) is 0 Å². The monoisotopic (exact) mass is 348 g/mol. The lowest BCUT2D eigenvalue weighted by molar-refractivity contribution is -0.0366. The first-order valence-corrected chi connectivity index (χ1v) is 10.1. The van der Waals surface area contributed by atoms with Crippen molar-refractivity contribution in [2.24, 2.45) is 0 Å². The molecule has 3 fully saturated rings. The molecule has 25 heavy (non-hydrogen) atoms. The number of aliphatic hydroxyl groups is 1. The molecule has 2 aliphatic carbocycles. The number of hydrogen-bond donors (Lipinski definition) is 1. The van der Waals surface area contributed by atoms with Gasteiger partial charge in [-0.2, -0.15) is 4.98 Å². The number of rotatable bonds is 6. The minimum absolute atomic E-state index is 0.470. The molecule has 1 N–H and O–H groups in total. The molecule has 0 amide bonds. The van der Waals surface area contributed by atoms with Crippen molar-refractivity contribution in [3.63, 3.8) is 0 Å². The second-order valence-corrected chi connectivity index (χ2v) is 8.55. The zero-order valence-electron chi connectivity index (χ0n) is 15.5. The van der Waals surface area contributed by atoms with Crippen LogP contribution in [-0.4, -0.2) is 63.4 Å². The molecule has 1 aromatic heterocycles. The molecular weight excluding hydrogens is 316 g/mol. The van der Waals surface area contributed by atoms with Gasteiger partial charge < -0.3 is 9.63 Å². The summed E-state index contributed by atoms with van der Waals surface area (Å²) >= 11 is 0. The van der Waals surface area contributed by atoms with Gasteiger partial charge in [-0.1, -0.05) is 24.4 Å². The first-order valence-electron chi connectivity index (χ1n) is 10.1. The molecule has 4 rings (SSSR count). The molecular formula is C19H32N4O2. The van der Waals surface area contributed by atoms with Gasteiger partial charge >= 0.3 is 0 Å². The van der Waals surface area contributed by atoms with Crippen molar-refractivity contribution in [1.82, 2.24) is 19.9 Å². The van der Waals surface area contributed by atoms with Gasteiger partial charge in [-0.25, -0.2) is 0 Å². The van der Waals surface area contributed by atoms with Crippen molar-refractivity contribution in [3.05, 3.63) is 11.7 Å². The van der Waals surface area contributed by atoms with Crippen molar-refractivity contribution in [1.29, 1.82) is 0 Å². The van der Waals surface area contributed by atoms with Gasteiger partial charge in [-0.3, -0.25) is 9.80 Å². The highest BCUT2D eigenvalue weighted by Gasteiger charge is 2.34. The third-order valence-corrected chi connectivity index (χ3v) is 6.21. The number of likely N-dealkylation sites (N-methyl/N-ethyl adjacent to an activating group) is 1. The van der Waals surface area contributed by atoms with E-state index in [-0.39, 0.29) is 0 Å². The summed E-state index contributed by atoms with van der Waals surface area (Å²) in [6.07, 6.45) is 10.3. The quantitative estimate of drug-likeness (QED) is 0.852. The third kappa shape index (κ3) is 4.41. The Hall–Kier alpha value is -0.980. The molecule has 2 saturated carbocycles. The maximum absolute atomic E-state index is 10.8. The van der Waals surface area contributed by atoms with Crippen LogP contribution in [0, 0.1) is 0 Å². The average molecular weight is 348 g/mol. The van der Waals surface area contributed by atoms with E-state index in [0.29, 0.717) is 12.0 Å². The lowest BCUT2D eigenvalue weighted by Gasteiger charge is -2.42. The zero-order valence-corrected chi connectivity index (χ0v) is 15.5. The fraction of sp³-hybridized carbons (Fsp3) is 0.895. The van der Waals surface area contributed by atoms with Crippen LogP contribution in [0.3, 0.4) is 0 Å². The molecule has 0 aromatic carbocycles. The number of piperidine rings is 1. The van der Waals surface area contributed by atoms with Gasteiger partial charge in [0.25, 0.3) is 0 Å². The van der Waals surface area contributed by atoms with Crippen molar-refractivity contribution in [2.75, 3.05) is 26.7 Å². The van der Waals surface area contributed by atoms with Crippen molar-refractivity contribution >= 4 is 0 Å².